The molecule has 5 rings (SSSR count). The summed E-state index contributed by atoms with van der Waals surface area (Å²) < 4.78 is 87.0. The van der Waals surface area contributed by atoms with Crippen molar-refractivity contribution >= 4 is 21.0 Å². The van der Waals surface area contributed by atoms with Gasteiger partial charge in [0.15, 0.2) is 0 Å². The third-order valence-corrected chi connectivity index (χ3v) is 7.54. The number of rotatable bonds is 7. The van der Waals surface area contributed by atoms with Crippen LogP contribution in [0.25, 0.3) is 10.9 Å². The molecule has 0 N–H and O–H groups in total. The first-order valence-electron chi connectivity index (χ1n) is 11.5. The Kier molecular flexibility index (Phi) is 6.31. The highest BCUT2D eigenvalue weighted by atomic mass is 32.2. The summed E-state index contributed by atoms with van der Waals surface area (Å²) in [5.41, 5.74) is -4.00. The summed E-state index contributed by atoms with van der Waals surface area (Å²) in [6.45, 7) is 0.0339. The normalized spacial score (nSPS) is 15.2. The Hall–Kier alpha value is -3.66. The van der Waals surface area contributed by atoms with Gasteiger partial charge >= 0.3 is 15.6 Å². The molecule has 0 unspecified atom stereocenters. The van der Waals surface area contributed by atoms with Gasteiger partial charge in [0, 0.05) is 16.4 Å². The number of halogens is 4. The first kappa shape index (κ1) is 25.0. The lowest BCUT2D eigenvalue weighted by Gasteiger charge is -2.43. The second kappa shape index (κ2) is 9.33. The number of fused-ring (bicyclic) bond motifs is 1. The lowest BCUT2D eigenvalue weighted by molar-refractivity contribution is -0.0500. The summed E-state index contributed by atoms with van der Waals surface area (Å²) in [6.07, 6.45) is 2.02. The number of nitrogens with zero attached hydrogens (tertiary/aromatic N) is 1. The summed E-state index contributed by atoms with van der Waals surface area (Å²) in [5, 5.41) is 0.633. The molecule has 0 bridgehead atoms. The molecule has 1 aliphatic rings. The standard InChI is InChI=1S/C27H21F4NO4S/c28-20-8-11-24-18(15-20)7-9-21(32-24)17-35-22-10-12-25(36-37(33,34)27(29,30)31)23(16-22)26(13-4-14-26)19-5-2-1-3-6-19/h1-3,5-12,15-16H,4,13-14,17H2. The first-order valence-corrected chi connectivity index (χ1v) is 12.9. The lowest BCUT2D eigenvalue weighted by atomic mass is 9.60. The van der Waals surface area contributed by atoms with E-state index in [0.717, 1.165) is 12.0 Å². The van der Waals surface area contributed by atoms with E-state index in [1.165, 1.54) is 30.3 Å². The largest absolute Gasteiger partial charge is 0.534 e. The monoisotopic (exact) mass is 531 g/mol. The van der Waals surface area contributed by atoms with Crippen LogP contribution < -0.4 is 8.92 Å². The Morgan fingerprint density at radius 1 is 0.919 bits per heavy atom. The van der Waals surface area contributed by atoms with Crippen LogP contribution in [0.2, 0.25) is 0 Å². The van der Waals surface area contributed by atoms with Crippen LogP contribution in [0.4, 0.5) is 17.6 Å². The van der Waals surface area contributed by atoms with Gasteiger partial charge in [-0.05, 0) is 60.9 Å². The van der Waals surface area contributed by atoms with E-state index >= 15 is 0 Å². The van der Waals surface area contributed by atoms with Gasteiger partial charge in [-0.1, -0.05) is 42.8 Å². The molecule has 192 valence electrons. The fourth-order valence-corrected chi connectivity index (χ4v) is 5.06. The summed E-state index contributed by atoms with van der Waals surface area (Å²) in [7, 11) is -5.87. The molecule has 10 heteroatoms. The predicted molar refractivity (Wildman–Crippen MR) is 129 cm³/mol. The van der Waals surface area contributed by atoms with Crippen molar-refractivity contribution in [3.05, 3.63) is 102 Å². The predicted octanol–water partition coefficient (Wildman–Crippen LogP) is 6.65. The van der Waals surface area contributed by atoms with Crippen LogP contribution in [0.1, 0.15) is 36.1 Å². The van der Waals surface area contributed by atoms with E-state index in [4.69, 9.17) is 4.74 Å². The van der Waals surface area contributed by atoms with Crippen molar-refractivity contribution in [2.45, 2.75) is 36.8 Å². The highest BCUT2D eigenvalue weighted by Gasteiger charge is 2.50. The number of hydrogen-bond donors (Lipinski definition) is 0. The maximum absolute atomic E-state index is 13.4. The molecule has 3 aromatic carbocycles. The van der Waals surface area contributed by atoms with Gasteiger partial charge in [-0.3, -0.25) is 0 Å². The van der Waals surface area contributed by atoms with Crippen molar-refractivity contribution < 1.29 is 34.9 Å². The quantitative estimate of drug-likeness (QED) is 0.152. The summed E-state index contributed by atoms with van der Waals surface area (Å²) in [4.78, 5) is 4.45. The summed E-state index contributed by atoms with van der Waals surface area (Å²) in [5.74, 6) is -0.446. The van der Waals surface area contributed by atoms with Crippen molar-refractivity contribution in [3.8, 4) is 11.5 Å². The SMILES string of the molecule is O=S(=O)(Oc1ccc(OCc2ccc3cc(F)ccc3n2)cc1C1(c2ccccc2)CCC1)C(F)(F)F. The van der Waals surface area contributed by atoms with E-state index in [-0.39, 0.29) is 18.2 Å². The molecular formula is C27H21F4NO4S. The topological polar surface area (TPSA) is 65.5 Å². The molecule has 0 atom stereocenters. The van der Waals surface area contributed by atoms with Gasteiger partial charge in [0.2, 0.25) is 0 Å². The van der Waals surface area contributed by atoms with Gasteiger partial charge < -0.3 is 8.92 Å². The summed E-state index contributed by atoms with van der Waals surface area (Å²) >= 11 is 0. The molecule has 1 fully saturated rings. The van der Waals surface area contributed by atoms with Gasteiger partial charge in [0.05, 0.1) is 11.2 Å². The fourth-order valence-electron chi connectivity index (χ4n) is 4.59. The number of benzene rings is 3. The molecule has 1 heterocycles. The minimum atomic E-state index is -5.87. The summed E-state index contributed by atoms with van der Waals surface area (Å²) in [6, 6.07) is 20.9. The highest BCUT2D eigenvalue weighted by molar-refractivity contribution is 7.88. The van der Waals surface area contributed by atoms with Gasteiger partial charge in [0.1, 0.15) is 23.9 Å². The first-order chi connectivity index (χ1) is 17.6. The fraction of sp³-hybridized carbons (Fsp3) is 0.222. The van der Waals surface area contributed by atoms with Crippen molar-refractivity contribution in [2.24, 2.45) is 0 Å². The third kappa shape index (κ3) is 4.85. The van der Waals surface area contributed by atoms with Crippen LogP contribution in [0.5, 0.6) is 11.5 Å². The Bertz CT molecular complexity index is 1550. The smallest absolute Gasteiger partial charge is 0.487 e. The van der Waals surface area contributed by atoms with Crippen LogP contribution in [-0.2, 0) is 22.1 Å². The van der Waals surface area contributed by atoms with E-state index in [9.17, 15) is 26.0 Å². The molecule has 0 amide bonds. The van der Waals surface area contributed by atoms with E-state index in [0.29, 0.717) is 40.8 Å². The molecule has 4 aromatic rings. The maximum atomic E-state index is 13.4. The second-order valence-corrected chi connectivity index (χ2v) is 10.4. The average Bonchev–Trinajstić information content (AvgIpc) is 2.83. The molecule has 0 spiro atoms. The molecule has 0 aliphatic heterocycles. The van der Waals surface area contributed by atoms with E-state index < -0.39 is 21.0 Å². The molecule has 0 radical (unpaired) electrons. The van der Waals surface area contributed by atoms with Crippen LogP contribution in [0.3, 0.4) is 0 Å². The Morgan fingerprint density at radius 3 is 2.35 bits per heavy atom. The van der Waals surface area contributed by atoms with Crippen LogP contribution >= 0.6 is 0 Å². The van der Waals surface area contributed by atoms with Gasteiger partial charge in [0.25, 0.3) is 0 Å². The third-order valence-electron chi connectivity index (χ3n) is 6.58. The number of ether oxygens (including phenoxy) is 1. The number of hydrogen-bond acceptors (Lipinski definition) is 5. The number of pyridine rings is 1. The van der Waals surface area contributed by atoms with E-state index in [1.807, 2.05) is 30.3 Å². The molecule has 1 saturated carbocycles. The Balaban J connectivity index is 1.50. The van der Waals surface area contributed by atoms with Crippen molar-refractivity contribution in [3.63, 3.8) is 0 Å². The van der Waals surface area contributed by atoms with Gasteiger partial charge in [-0.15, -0.1) is 0 Å². The number of alkyl halides is 3. The molecular weight excluding hydrogens is 510 g/mol. The van der Waals surface area contributed by atoms with Gasteiger partial charge in [-0.25, -0.2) is 9.37 Å². The van der Waals surface area contributed by atoms with Gasteiger partial charge in [-0.2, -0.15) is 21.6 Å². The zero-order chi connectivity index (χ0) is 26.3. The van der Waals surface area contributed by atoms with Crippen molar-refractivity contribution in [1.82, 2.24) is 4.98 Å². The highest BCUT2D eigenvalue weighted by Crippen LogP contribution is 2.53. The minimum Gasteiger partial charge on any atom is -0.487 e. The molecule has 0 saturated heterocycles. The molecule has 1 aromatic heterocycles. The Labute approximate surface area is 210 Å². The van der Waals surface area contributed by atoms with E-state index in [2.05, 4.69) is 9.17 Å². The average molecular weight is 532 g/mol. The maximum Gasteiger partial charge on any atom is 0.534 e. The molecule has 5 nitrogen and oxygen atoms in total. The van der Waals surface area contributed by atoms with Crippen LogP contribution in [0, 0.1) is 5.82 Å². The zero-order valence-electron chi connectivity index (χ0n) is 19.3. The van der Waals surface area contributed by atoms with Crippen molar-refractivity contribution in [2.75, 3.05) is 0 Å². The lowest BCUT2D eigenvalue weighted by Crippen LogP contribution is -2.37. The zero-order valence-corrected chi connectivity index (χ0v) is 20.2. The van der Waals surface area contributed by atoms with E-state index in [1.54, 1.807) is 18.2 Å². The second-order valence-electron chi connectivity index (χ2n) is 8.87. The molecule has 1 aliphatic carbocycles. The van der Waals surface area contributed by atoms with Crippen molar-refractivity contribution in [1.29, 1.82) is 0 Å². The Morgan fingerprint density at radius 2 is 1.68 bits per heavy atom. The van der Waals surface area contributed by atoms with Crippen LogP contribution in [0.15, 0.2) is 78.9 Å². The van der Waals surface area contributed by atoms with Crippen LogP contribution in [-0.4, -0.2) is 18.9 Å². The minimum absolute atomic E-state index is 0.0339. The number of aromatic nitrogens is 1. The molecule has 37 heavy (non-hydrogen) atoms.